The topological polar surface area (TPSA) is 68.2 Å². The number of hydrogen-bond acceptors (Lipinski definition) is 5. The molecular weight excluding hydrogens is 460 g/mol. The lowest BCUT2D eigenvalue weighted by molar-refractivity contribution is -0.121. The highest BCUT2D eigenvalue weighted by Crippen LogP contribution is 2.29. The smallest absolute Gasteiger partial charge is 0.241 e. The van der Waals surface area contributed by atoms with Crippen LogP contribution in [-0.2, 0) is 4.79 Å². The summed E-state index contributed by atoms with van der Waals surface area (Å²) in [5, 5.41) is 16.2. The molecule has 1 heterocycles. The number of nitrogens with zero attached hydrogens (tertiary/aromatic N) is 3. The van der Waals surface area contributed by atoms with Crippen molar-refractivity contribution in [3.63, 3.8) is 0 Å². The second kappa shape index (κ2) is 11.8. The highest BCUT2D eigenvalue weighted by atomic mass is 16.3. The zero-order valence-corrected chi connectivity index (χ0v) is 20.8. The lowest BCUT2D eigenvalue weighted by Crippen LogP contribution is -2.48. The van der Waals surface area contributed by atoms with Crippen LogP contribution >= 0.6 is 0 Å². The van der Waals surface area contributed by atoms with Gasteiger partial charge in [-0.2, -0.15) is 5.10 Å². The van der Waals surface area contributed by atoms with E-state index in [0.717, 1.165) is 37.0 Å². The van der Waals surface area contributed by atoms with Gasteiger partial charge in [-0.1, -0.05) is 91.0 Å². The van der Waals surface area contributed by atoms with E-state index in [1.807, 2.05) is 30.3 Å². The number of carbonyl (C=O) groups is 1. The first-order valence-electron chi connectivity index (χ1n) is 12.8. The summed E-state index contributed by atoms with van der Waals surface area (Å²) in [6, 6.07) is 32.8. The van der Waals surface area contributed by atoms with Crippen molar-refractivity contribution in [3.05, 3.63) is 114 Å². The molecule has 0 unspecified atom stereocenters. The highest BCUT2D eigenvalue weighted by Gasteiger charge is 2.26. The van der Waals surface area contributed by atoms with Crippen molar-refractivity contribution in [2.75, 3.05) is 32.7 Å². The number of nitrogens with one attached hydrogen (secondary N) is 1. The molecule has 1 aliphatic heterocycles. The monoisotopic (exact) mass is 492 g/mol. The van der Waals surface area contributed by atoms with E-state index in [9.17, 15) is 9.90 Å². The third-order valence-corrected chi connectivity index (χ3v) is 6.99. The number of phenolic OH excluding ortho intramolecular Hbond substituents is 1. The van der Waals surface area contributed by atoms with Crippen LogP contribution in [0, 0.1) is 0 Å². The molecule has 4 aromatic carbocycles. The molecule has 1 fully saturated rings. The number of phenols is 1. The van der Waals surface area contributed by atoms with E-state index < -0.39 is 0 Å². The second-order valence-corrected chi connectivity index (χ2v) is 9.36. The lowest BCUT2D eigenvalue weighted by Gasteiger charge is -2.39. The van der Waals surface area contributed by atoms with Gasteiger partial charge in [0, 0.05) is 44.7 Å². The minimum absolute atomic E-state index is 0.134. The Kier molecular flexibility index (Phi) is 7.89. The van der Waals surface area contributed by atoms with E-state index in [-0.39, 0.29) is 17.7 Å². The van der Waals surface area contributed by atoms with Gasteiger partial charge in [-0.05, 0) is 28.0 Å². The van der Waals surface area contributed by atoms with Crippen LogP contribution in [0.25, 0.3) is 10.8 Å². The van der Waals surface area contributed by atoms with Gasteiger partial charge in [0.15, 0.2) is 0 Å². The summed E-state index contributed by atoms with van der Waals surface area (Å²) >= 11 is 0. The molecule has 5 rings (SSSR count). The van der Waals surface area contributed by atoms with E-state index in [1.165, 1.54) is 17.3 Å². The van der Waals surface area contributed by atoms with Crippen LogP contribution in [0.3, 0.4) is 0 Å². The largest absolute Gasteiger partial charge is 0.507 e. The molecule has 1 amide bonds. The number of aromatic hydroxyl groups is 1. The van der Waals surface area contributed by atoms with Crippen molar-refractivity contribution in [2.24, 2.45) is 5.10 Å². The molecule has 0 bridgehead atoms. The number of fused-ring (bicyclic) bond motifs is 1. The van der Waals surface area contributed by atoms with Crippen LogP contribution < -0.4 is 5.43 Å². The second-order valence-electron chi connectivity index (χ2n) is 9.36. The van der Waals surface area contributed by atoms with Gasteiger partial charge >= 0.3 is 0 Å². The summed E-state index contributed by atoms with van der Waals surface area (Å²) in [4.78, 5) is 17.3. The van der Waals surface area contributed by atoms with E-state index >= 15 is 0 Å². The summed E-state index contributed by atoms with van der Waals surface area (Å²) in [5.74, 6) is 0.00346. The molecule has 1 aliphatic rings. The predicted octanol–water partition coefficient (Wildman–Crippen LogP) is 4.79. The van der Waals surface area contributed by atoms with E-state index in [4.69, 9.17) is 0 Å². The Balaban J connectivity index is 1.14. The van der Waals surface area contributed by atoms with Crippen LogP contribution in [0.1, 0.15) is 29.2 Å². The van der Waals surface area contributed by atoms with E-state index in [1.54, 1.807) is 6.07 Å². The van der Waals surface area contributed by atoms with Crippen molar-refractivity contribution < 1.29 is 9.90 Å². The maximum Gasteiger partial charge on any atom is 0.241 e. The molecule has 0 spiro atoms. The molecule has 37 heavy (non-hydrogen) atoms. The number of rotatable bonds is 8. The van der Waals surface area contributed by atoms with Gasteiger partial charge in [-0.15, -0.1) is 0 Å². The van der Waals surface area contributed by atoms with Gasteiger partial charge in [0.25, 0.3) is 0 Å². The minimum Gasteiger partial charge on any atom is -0.507 e. The molecule has 1 saturated heterocycles. The van der Waals surface area contributed by atoms with Gasteiger partial charge in [0.2, 0.25) is 5.91 Å². The molecule has 4 aromatic rings. The summed E-state index contributed by atoms with van der Waals surface area (Å²) in [6.07, 6.45) is 1.89. The van der Waals surface area contributed by atoms with Crippen molar-refractivity contribution in [1.82, 2.24) is 15.2 Å². The Morgan fingerprint density at radius 3 is 2.14 bits per heavy atom. The molecule has 0 radical (unpaired) electrons. The molecule has 2 N–H and O–H groups in total. The van der Waals surface area contributed by atoms with E-state index in [2.05, 4.69) is 81.0 Å². The summed E-state index contributed by atoms with van der Waals surface area (Å²) in [6.45, 7) is 4.40. The molecule has 6 nitrogen and oxygen atoms in total. The lowest BCUT2D eigenvalue weighted by atomic mass is 9.96. The maximum absolute atomic E-state index is 12.4. The maximum atomic E-state index is 12.4. The molecule has 188 valence electrons. The van der Waals surface area contributed by atoms with Crippen molar-refractivity contribution >= 4 is 22.9 Å². The van der Waals surface area contributed by atoms with Gasteiger partial charge < -0.3 is 10.0 Å². The number of amides is 1. The third kappa shape index (κ3) is 6.05. The third-order valence-electron chi connectivity index (χ3n) is 6.99. The van der Waals surface area contributed by atoms with Crippen molar-refractivity contribution in [2.45, 2.75) is 12.5 Å². The number of carbonyl (C=O) groups excluding carboxylic acids is 1. The zero-order valence-electron chi connectivity index (χ0n) is 20.8. The molecule has 0 atom stereocenters. The number of hydrogen-bond donors (Lipinski definition) is 2. The molecule has 0 saturated carbocycles. The summed E-state index contributed by atoms with van der Waals surface area (Å²) in [5.41, 5.74) is 5.82. The first-order valence-corrected chi connectivity index (χ1v) is 12.8. The molecule has 0 aromatic heterocycles. The molecular formula is C31H32N4O2. The van der Waals surface area contributed by atoms with Gasteiger partial charge in [0.1, 0.15) is 5.75 Å². The quantitative estimate of drug-likeness (QED) is 0.274. The first kappa shape index (κ1) is 24.7. The number of benzene rings is 4. The van der Waals surface area contributed by atoms with Crippen LogP contribution in [0.5, 0.6) is 5.75 Å². The minimum atomic E-state index is -0.134. The van der Waals surface area contributed by atoms with Crippen LogP contribution in [0.4, 0.5) is 0 Å². The Labute approximate surface area is 217 Å². The summed E-state index contributed by atoms with van der Waals surface area (Å²) in [7, 11) is 0. The average Bonchev–Trinajstić information content (AvgIpc) is 2.95. The van der Waals surface area contributed by atoms with Gasteiger partial charge in [0.05, 0.1) is 12.3 Å². The van der Waals surface area contributed by atoms with Gasteiger partial charge in [-0.25, -0.2) is 5.43 Å². The first-order chi connectivity index (χ1) is 18.2. The van der Waals surface area contributed by atoms with E-state index in [0.29, 0.717) is 18.5 Å². The molecule has 6 heteroatoms. The Bertz CT molecular complexity index is 1310. The van der Waals surface area contributed by atoms with Crippen molar-refractivity contribution in [1.29, 1.82) is 0 Å². The standard InChI is InChI=1S/C31H32N4O2/c36-29-16-15-24-9-7-8-14-27(24)28(29)23-32-33-30(37)17-18-34-19-21-35(22-20-34)31(25-10-3-1-4-11-25)26-12-5-2-6-13-26/h1-16,23,31,36H,17-22H2,(H,33,37)/b32-23+. The Morgan fingerprint density at radius 2 is 1.46 bits per heavy atom. The normalized spacial score (nSPS) is 14.9. The Hall–Kier alpha value is -4.00. The predicted molar refractivity (Wildman–Crippen MR) is 149 cm³/mol. The SMILES string of the molecule is O=C(CCN1CCN(C(c2ccccc2)c2ccccc2)CC1)N/N=C/c1c(O)ccc2ccccc12. The number of piperazine rings is 1. The van der Waals surface area contributed by atoms with Gasteiger partial charge in [-0.3, -0.25) is 9.69 Å². The van der Waals surface area contributed by atoms with Crippen LogP contribution in [-0.4, -0.2) is 59.8 Å². The number of hydrazone groups is 1. The van der Waals surface area contributed by atoms with Crippen LogP contribution in [0.2, 0.25) is 0 Å². The van der Waals surface area contributed by atoms with Crippen LogP contribution in [0.15, 0.2) is 102 Å². The fraction of sp³-hybridized carbons (Fsp3) is 0.226. The average molecular weight is 493 g/mol. The fourth-order valence-corrected chi connectivity index (χ4v) is 5.03. The zero-order chi connectivity index (χ0) is 25.5. The fourth-order valence-electron chi connectivity index (χ4n) is 5.03. The highest BCUT2D eigenvalue weighted by molar-refractivity contribution is 6.02. The van der Waals surface area contributed by atoms with Crippen molar-refractivity contribution in [3.8, 4) is 5.75 Å². The summed E-state index contributed by atoms with van der Waals surface area (Å²) < 4.78 is 0. The molecule has 0 aliphatic carbocycles. The Morgan fingerprint density at radius 1 is 0.838 bits per heavy atom.